The molecule has 2 N–H and O–H groups in total. The number of ether oxygens (including phenoxy) is 1. The average molecular weight is 399 g/mol. The van der Waals surface area contributed by atoms with Crippen molar-refractivity contribution in [1.82, 2.24) is 0 Å². The van der Waals surface area contributed by atoms with Gasteiger partial charge in [-0.1, -0.05) is 48.4 Å². The van der Waals surface area contributed by atoms with E-state index in [2.05, 4.69) is 27.8 Å². The van der Waals surface area contributed by atoms with Gasteiger partial charge in [-0.25, -0.2) is 0 Å². The number of nitrogens with one attached hydrogen (secondary N) is 1. The molecule has 1 saturated carbocycles. The first-order valence-corrected chi connectivity index (χ1v) is 11.2. The van der Waals surface area contributed by atoms with E-state index in [4.69, 9.17) is 4.74 Å². The maximum absolute atomic E-state index is 12.8. The molecule has 7 atom stereocenters. The third-order valence-corrected chi connectivity index (χ3v) is 8.11. The van der Waals surface area contributed by atoms with Crippen LogP contribution < -0.4 is 4.90 Å². The van der Waals surface area contributed by atoms with Crippen molar-refractivity contribution in [3.63, 3.8) is 0 Å². The monoisotopic (exact) mass is 398 g/mol. The van der Waals surface area contributed by atoms with Crippen molar-refractivity contribution in [2.75, 3.05) is 13.6 Å². The minimum Gasteiger partial charge on any atom is -0.462 e. The Balaban J connectivity index is 1.48. The van der Waals surface area contributed by atoms with Crippen molar-refractivity contribution in [3.8, 4) is 0 Å². The van der Waals surface area contributed by atoms with Crippen molar-refractivity contribution in [2.45, 2.75) is 71.1 Å². The van der Waals surface area contributed by atoms with Crippen LogP contribution in [0.3, 0.4) is 0 Å². The summed E-state index contributed by atoms with van der Waals surface area (Å²) in [6.45, 7) is 7.44. The number of aliphatic hydroxyl groups is 1. The predicted molar refractivity (Wildman–Crippen MR) is 113 cm³/mol. The van der Waals surface area contributed by atoms with E-state index in [1.807, 2.05) is 30.3 Å². The van der Waals surface area contributed by atoms with Gasteiger partial charge < -0.3 is 14.7 Å². The van der Waals surface area contributed by atoms with Crippen molar-refractivity contribution in [1.29, 1.82) is 0 Å². The van der Waals surface area contributed by atoms with Crippen molar-refractivity contribution < 1.29 is 19.5 Å². The molecule has 0 bridgehead atoms. The molecule has 1 aromatic rings. The van der Waals surface area contributed by atoms with Gasteiger partial charge in [0.25, 0.3) is 0 Å². The highest BCUT2D eigenvalue weighted by atomic mass is 16.6. The lowest BCUT2D eigenvalue weighted by Crippen LogP contribution is -3.14. The molecular weight excluding hydrogens is 362 g/mol. The van der Waals surface area contributed by atoms with E-state index in [-0.39, 0.29) is 35.4 Å². The number of carbonyl (C=O) groups excluding carboxylic acids is 1. The van der Waals surface area contributed by atoms with Gasteiger partial charge in [0.05, 0.1) is 13.6 Å². The summed E-state index contributed by atoms with van der Waals surface area (Å²) in [5.41, 5.74) is 4.30. The molecule has 4 rings (SSSR count). The number of carbonyl (C=O) groups is 1. The molecule has 1 aliphatic heterocycles. The van der Waals surface area contributed by atoms with Crippen LogP contribution in [0.4, 0.5) is 0 Å². The van der Waals surface area contributed by atoms with Crippen LogP contribution in [0.1, 0.15) is 64.5 Å². The minimum absolute atomic E-state index is 0.00809. The van der Waals surface area contributed by atoms with Gasteiger partial charge in [0.2, 0.25) is 0 Å². The first-order valence-electron chi connectivity index (χ1n) is 11.2. The van der Waals surface area contributed by atoms with Gasteiger partial charge in [-0.05, 0) is 56.9 Å². The Hall–Kier alpha value is -1.65. The van der Waals surface area contributed by atoms with Gasteiger partial charge in [-0.15, -0.1) is 0 Å². The smallest absolute Gasteiger partial charge is 0.315 e. The lowest BCUT2D eigenvalue weighted by Gasteiger charge is -2.45. The molecule has 0 radical (unpaired) electrons. The molecule has 1 unspecified atom stereocenters. The first kappa shape index (κ1) is 20.6. The summed E-state index contributed by atoms with van der Waals surface area (Å²) in [4.78, 5) is 14.0. The molecule has 3 aliphatic rings. The molecule has 4 nitrogen and oxygen atoms in total. The molecule has 1 saturated heterocycles. The molecule has 0 amide bonds. The second-order valence-electron chi connectivity index (χ2n) is 10.0. The fourth-order valence-electron chi connectivity index (χ4n) is 6.09. The standard InChI is InChI=1S/C25H35NO3/c1-16-9-8-12-25(3)14-22-19(13-21(16)25)20(24(28)29-22)15-26(4)17(2)23(27)18-10-6-5-7-11-18/h5-7,10-11,17,19-20,22-23,27H,8-9,12-15H2,1-4H3/p+1/t17-,19+,20-,22+,23+,25-/m0/s1. The Kier molecular flexibility index (Phi) is 5.60. The van der Waals surface area contributed by atoms with Crippen molar-refractivity contribution in [3.05, 3.63) is 47.0 Å². The predicted octanol–water partition coefficient (Wildman–Crippen LogP) is 3.08. The number of esters is 1. The van der Waals surface area contributed by atoms with Gasteiger partial charge in [0, 0.05) is 5.92 Å². The minimum atomic E-state index is -0.539. The highest BCUT2D eigenvalue weighted by Gasteiger charge is 2.54. The molecule has 29 heavy (non-hydrogen) atoms. The fourth-order valence-corrected chi connectivity index (χ4v) is 6.09. The van der Waals surface area contributed by atoms with Gasteiger partial charge in [-0.2, -0.15) is 0 Å². The summed E-state index contributed by atoms with van der Waals surface area (Å²) in [7, 11) is 2.09. The zero-order chi connectivity index (χ0) is 20.8. The molecule has 0 spiro atoms. The second-order valence-corrected chi connectivity index (χ2v) is 10.0. The Morgan fingerprint density at radius 1 is 1.31 bits per heavy atom. The lowest BCUT2D eigenvalue weighted by molar-refractivity contribution is -0.911. The summed E-state index contributed by atoms with van der Waals surface area (Å²) in [5, 5.41) is 10.8. The fraction of sp³-hybridized carbons (Fsp3) is 0.640. The zero-order valence-electron chi connectivity index (χ0n) is 18.3. The summed E-state index contributed by atoms with van der Waals surface area (Å²) < 4.78 is 5.92. The quantitative estimate of drug-likeness (QED) is 0.592. The molecular formula is C25H36NO3+. The number of allylic oxidation sites excluding steroid dienone is 2. The molecule has 4 heteroatoms. The zero-order valence-corrected chi connectivity index (χ0v) is 18.3. The van der Waals surface area contributed by atoms with Gasteiger partial charge in [0.15, 0.2) is 0 Å². The largest absolute Gasteiger partial charge is 0.462 e. The van der Waals surface area contributed by atoms with E-state index in [0.29, 0.717) is 6.54 Å². The summed E-state index contributed by atoms with van der Waals surface area (Å²) in [6, 6.07) is 9.82. The molecule has 2 fully saturated rings. The van der Waals surface area contributed by atoms with Crippen molar-refractivity contribution >= 4 is 5.97 Å². The van der Waals surface area contributed by atoms with E-state index in [1.165, 1.54) is 24.2 Å². The van der Waals surface area contributed by atoms with Gasteiger partial charge >= 0.3 is 5.97 Å². The van der Waals surface area contributed by atoms with E-state index in [9.17, 15) is 9.90 Å². The lowest BCUT2D eigenvalue weighted by atomic mass is 9.59. The van der Waals surface area contributed by atoms with E-state index >= 15 is 0 Å². The number of benzene rings is 1. The second kappa shape index (κ2) is 7.88. The molecule has 1 aromatic carbocycles. The van der Waals surface area contributed by atoms with Crippen LogP contribution in [0.5, 0.6) is 0 Å². The normalized spacial score (nSPS) is 34.8. The SMILES string of the molecule is CC1=C2C[C@@H]3[C@H](C[NH+](C)[C@@H](C)[C@@H](O)c4ccccc4)C(=O)O[C@@H]3C[C@]2(C)CCC1. The van der Waals surface area contributed by atoms with Crippen LogP contribution in [0.2, 0.25) is 0 Å². The summed E-state index contributed by atoms with van der Waals surface area (Å²) >= 11 is 0. The first-order chi connectivity index (χ1) is 13.8. The third-order valence-electron chi connectivity index (χ3n) is 8.11. The topological polar surface area (TPSA) is 51.0 Å². The summed E-state index contributed by atoms with van der Waals surface area (Å²) in [5.74, 6) is 0.188. The van der Waals surface area contributed by atoms with Crippen LogP contribution >= 0.6 is 0 Å². The number of hydrogen-bond acceptors (Lipinski definition) is 3. The van der Waals surface area contributed by atoms with Crippen LogP contribution in [-0.2, 0) is 9.53 Å². The third kappa shape index (κ3) is 3.77. The van der Waals surface area contributed by atoms with E-state index < -0.39 is 6.10 Å². The highest BCUT2D eigenvalue weighted by Crippen LogP contribution is 2.54. The number of aliphatic hydroxyl groups excluding tert-OH is 1. The Morgan fingerprint density at radius 2 is 2.03 bits per heavy atom. The van der Waals surface area contributed by atoms with Crippen LogP contribution in [0.15, 0.2) is 41.5 Å². The number of hydrogen-bond donors (Lipinski definition) is 2. The Labute approximate surface area is 174 Å². The average Bonchev–Trinajstić information content (AvgIpc) is 2.99. The maximum Gasteiger partial charge on any atom is 0.315 e. The van der Waals surface area contributed by atoms with E-state index in [1.54, 1.807) is 11.1 Å². The molecule has 1 heterocycles. The number of rotatable bonds is 5. The number of quaternary nitrogens is 1. The van der Waals surface area contributed by atoms with Crippen molar-refractivity contribution in [2.24, 2.45) is 17.3 Å². The molecule has 0 aromatic heterocycles. The number of likely N-dealkylation sites (N-methyl/N-ethyl adjacent to an activating group) is 1. The molecule has 158 valence electrons. The van der Waals surface area contributed by atoms with Gasteiger partial charge in [0.1, 0.15) is 24.2 Å². The van der Waals surface area contributed by atoms with E-state index in [0.717, 1.165) is 18.4 Å². The highest BCUT2D eigenvalue weighted by molar-refractivity contribution is 5.75. The Morgan fingerprint density at radius 3 is 2.76 bits per heavy atom. The summed E-state index contributed by atoms with van der Waals surface area (Å²) in [6.07, 6.45) is 5.18. The number of fused-ring (bicyclic) bond motifs is 2. The van der Waals surface area contributed by atoms with Gasteiger partial charge in [-0.3, -0.25) is 4.79 Å². The van der Waals surface area contributed by atoms with Crippen LogP contribution in [0.25, 0.3) is 0 Å². The molecule has 2 aliphatic carbocycles. The van der Waals surface area contributed by atoms with Crippen LogP contribution in [0, 0.1) is 17.3 Å². The maximum atomic E-state index is 12.8. The van der Waals surface area contributed by atoms with Crippen LogP contribution in [-0.4, -0.2) is 36.8 Å². The Bertz CT molecular complexity index is 789.